The molecule has 0 aliphatic rings. The second kappa shape index (κ2) is 6.78. The Morgan fingerprint density at radius 2 is 2.24 bits per heavy atom. The number of guanidine groups is 1. The van der Waals surface area contributed by atoms with Crippen LogP contribution in [-0.4, -0.2) is 16.1 Å². The Morgan fingerprint density at radius 3 is 2.86 bits per heavy atom. The van der Waals surface area contributed by atoms with Gasteiger partial charge in [0.15, 0.2) is 11.8 Å². The van der Waals surface area contributed by atoms with Gasteiger partial charge in [-0.3, -0.25) is 0 Å². The maximum atomic E-state index is 6.15. The first-order chi connectivity index (χ1) is 9.95. The number of nitrogens with zero attached hydrogens (tertiary/aromatic N) is 3. The average molecular weight is 328 g/mol. The number of hydrogen-bond acceptors (Lipinski definition) is 4. The van der Waals surface area contributed by atoms with Gasteiger partial charge in [0, 0.05) is 17.0 Å². The number of halogens is 2. The van der Waals surface area contributed by atoms with Crippen molar-refractivity contribution in [2.45, 2.75) is 26.4 Å². The number of nitrogens with one attached hydrogen (secondary N) is 1. The van der Waals surface area contributed by atoms with Crippen LogP contribution in [0.15, 0.2) is 27.7 Å². The Hall–Kier alpha value is -1.79. The van der Waals surface area contributed by atoms with Gasteiger partial charge in [-0.1, -0.05) is 34.4 Å². The van der Waals surface area contributed by atoms with Crippen molar-refractivity contribution in [1.29, 1.82) is 0 Å². The van der Waals surface area contributed by atoms with Crippen molar-refractivity contribution >= 4 is 29.2 Å². The minimum atomic E-state index is -0.106. The summed E-state index contributed by atoms with van der Waals surface area (Å²) in [5.41, 5.74) is 6.71. The van der Waals surface area contributed by atoms with Gasteiger partial charge in [0.2, 0.25) is 5.89 Å². The molecule has 1 aromatic heterocycles. The fourth-order valence-electron chi connectivity index (χ4n) is 1.76. The number of aliphatic imine (C=N–C) groups is 1. The molecule has 3 N–H and O–H groups in total. The molecule has 1 aromatic carbocycles. The number of aryl methyl sites for hydroxylation is 1. The molecule has 2 aromatic rings. The molecule has 0 amide bonds. The van der Waals surface area contributed by atoms with E-state index in [9.17, 15) is 0 Å². The van der Waals surface area contributed by atoms with Crippen molar-refractivity contribution in [2.24, 2.45) is 10.7 Å². The third-order valence-electron chi connectivity index (χ3n) is 2.75. The van der Waals surface area contributed by atoms with Crippen LogP contribution < -0.4 is 11.1 Å². The smallest absolute Gasteiger partial charge is 0.223 e. The second-order valence-electron chi connectivity index (χ2n) is 4.46. The van der Waals surface area contributed by atoms with Crippen molar-refractivity contribution in [1.82, 2.24) is 15.5 Å². The lowest BCUT2D eigenvalue weighted by Crippen LogP contribution is -2.34. The highest BCUT2D eigenvalue weighted by Crippen LogP contribution is 2.25. The van der Waals surface area contributed by atoms with Crippen LogP contribution >= 0.6 is 23.2 Å². The monoisotopic (exact) mass is 327 g/mol. The molecule has 0 fully saturated rings. The van der Waals surface area contributed by atoms with E-state index in [1.165, 1.54) is 0 Å². The second-order valence-corrected chi connectivity index (χ2v) is 5.31. The molecule has 1 atom stereocenters. The maximum Gasteiger partial charge on any atom is 0.223 e. The molecule has 0 radical (unpaired) electrons. The zero-order valence-corrected chi connectivity index (χ0v) is 13.1. The van der Waals surface area contributed by atoms with Crippen LogP contribution in [0, 0.1) is 6.92 Å². The lowest BCUT2D eigenvalue weighted by atomic mass is 10.1. The fraction of sp³-hybridized carbons (Fsp3) is 0.308. The van der Waals surface area contributed by atoms with Gasteiger partial charge >= 0.3 is 0 Å². The van der Waals surface area contributed by atoms with Gasteiger partial charge in [0.25, 0.3) is 0 Å². The highest BCUT2D eigenvalue weighted by atomic mass is 35.5. The molecule has 8 heteroatoms. The molecule has 1 unspecified atom stereocenters. The van der Waals surface area contributed by atoms with E-state index in [0.717, 1.165) is 5.56 Å². The summed E-state index contributed by atoms with van der Waals surface area (Å²) in [6, 6.07) is 5.20. The van der Waals surface area contributed by atoms with Crippen molar-refractivity contribution in [3.05, 3.63) is 45.5 Å². The largest absolute Gasteiger partial charge is 0.370 e. The topological polar surface area (TPSA) is 89.3 Å². The predicted octanol–water partition coefficient (Wildman–Crippen LogP) is 2.85. The molecule has 0 aliphatic heterocycles. The van der Waals surface area contributed by atoms with Gasteiger partial charge in [-0.25, -0.2) is 4.99 Å². The van der Waals surface area contributed by atoms with E-state index in [1.807, 2.05) is 13.0 Å². The fourth-order valence-corrected chi connectivity index (χ4v) is 2.33. The lowest BCUT2D eigenvalue weighted by molar-refractivity contribution is 0.387. The van der Waals surface area contributed by atoms with Gasteiger partial charge in [-0.15, -0.1) is 0 Å². The average Bonchev–Trinajstić information content (AvgIpc) is 2.82. The van der Waals surface area contributed by atoms with E-state index in [0.29, 0.717) is 21.8 Å². The van der Waals surface area contributed by atoms with Crippen LogP contribution in [0.1, 0.15) is 30.2 Å². The highest BCUT2D eigenvalue weighted by molar-refractivity contribution is 6.35. The van der Waals surface area contributed by atoms with Crippen LogP contribution in [-0.2, 0) is 6.54 Å². The van der Waals surface area contributed by atoms with E-state index in [4.69, 9.17) is 33.5 Å². The predicted molar refractivity (Wildman–Crippen MR) is 82.4 cm³/mol. The summed E-state index contributed by atoms with van der Waals surface area (Å²) in [6.45, 7) is 3.89. The first kappa shape index (κ1) is 15.6. The first-order valence-electron chi connectivity index (χ1n) is 6.26. The van der Waals surface area contributed by atoms with Crippen LogP contribution in [0.2, 0.25) is 10.0 Å². The first-order valence-corrected chi connectivity index (χ1v) is 7.02. The molecule has 6 nitrogen and oxygen atoms in total. The van der Waals surface area contributed by atoms with Gasteiger partial charge in [0.1, 0.15) is 6.54 Å². The molecule has 21 heavy (non-hydrogen) atoms. The summed E-state index contributed by atoms with van der Waals surface area (Å²) in [4.78, 5) is 8.19. The molecular weight excluding hydrogens is 313 g/mol. The molecular formula is C13H15Cl2N5O. The van der Waals surface area contributed by atoms with Gasteiger partial charge < -0.3 is 15.6 Å². The Morgan fingerprint density at radius 1 is 1.48 bits per heavy atom. The normalized spacial score (nSPS) is 13.2. The maximum absolute atomic E-state index is 6.15. The van der Waals surface area contributed by atoms with Crippen molar-refractivity contribution in [3.8, 4) is 0 Å². The van der Waals surface area contributed by atoms with Crippen molar-refractivity contribution in [2.75, 3.05) is 0 Å². The summed E-state index contributed by atoms with van der Waals surface area (Å²) in [5, 5.41) is 7.95. The zero-order chi connectivity index (χ0) is 15.4. The summed E-state index contributed by atoms with van der Waals surface area (Å²) >= 11 is 12.0. The number of rotatable bonds is 4. The van der Waals surface area contributed by atoms with Crippen molar-refractivity contribution in [3.63, 3.8) is 0 Å². The molecule has 0 saturated carbocycles. The van der Waals surface area contributed by atoms with Crippen LogP contribution in [0.3, 0.4) is 0 Å². The third-order valence-corrected chi connectivity index (χ3v) is 3.32. The lowest BCUT2D eigenvalue weighted by Gasteiger charge is -2.16. The standard InChI is InChI=1S/C13H15Cl2N5O/c1-7(10-4-3-9(14)5-11(10)15)18-13(16)17-6-12-19-8(2)21-20-12/h3-5,7H,6H2,1-2H3,(H3,16,17,18). The van der Waals surface area contributed by atoms with E-state index < -0.39 is 0 Å². The Kier molecular flexibility index (Phi) is 5.03. The number of hydrogen-bond donors (Lipinski definition) is 2. The molecule has 1 heterocycles. The minimum Gasteiger partial charge on any atom is -0.370 e. The van der Waals surface area contributed by atoms with Crippen molar-refractivity contribution < 1.29 is 4.52 Å². The highest BCUT2D eigenvalue weighted by Gasteiger charge is 2.11. The SMILES string of the molecule is Cc1nc(CN=C(N)NC(C)c2ccc(Cl)cc2Cl)no1. The van der Waals surface area contributed by atoms with Gasteiger partial charge in [0.05, 0.1) is 6.04 Å². The Bertz CT molecular complexity index is 656. The third kappa shape index (κ3) is 4.34. The Balaban J connectivity index is 1.99. The summed E-state index contributed by atoms with van der Waals surface area (Å²) < 4.78 is 4.85. The molecule has 0 saturated heterocycles. The molecule has 0 spiro atoms. The molecule has 2 rings (SSSR count). The number of benzene rings is 1. The van der Waals surface area contributed by atoms with Gasteiger partial charge in [-0.05, 0) is 24.6 Å². The number of aromatic nitrogens is 2. The Labute approximate surface area is 132 Å². The van der Waals surface area contributed by atoms with E-state index in [1.54, 1.807) is 19.1 Å². The minimum absolute atomic E-state index is 0.106. The molecule has 0 aliphatic carbocycles. The van der Waals surface area contributed by atoms with Crippen LogP contribution in [0.4, 0.5) is 0 Å². The van der Waals surface area contributed by atoms with E-state index in [-0.39, 0.29) is 18.5 Å². The summed E-state index contributed by atoms with van der Waals surface area (Å²) in [5.74, 6) is 1.25. The van der Waals surface area contributed by atoms with E-state index >= 15 is 0 Å². The quantitative estimate of drug-likeness (QED) is 0.665. The van der Waals surface area contributed by atoms with E-state index in [2.05, 4.69) is 20.4 Å². The summed E-state index contributed by atoms with van der Waals surface area (Å²) in [7, 11) is 0. The molecule has 112 valence electrons. The summed E-state index contributed by atoms with van der Waals surface area (Å²) in [6.07, 6.45) is 0. The molecule has 0 bridgehead atoms. The zero-order valence-electron chi connectivity index (χ0n) is 11.6. The number of nitrogens with two attached hydrogens (primary N) is 1. The van der Waals surface area contributed by atoms with Crippen LogP contribution in [0.25, 0.3) is 0 Å². The van der Waals surface area contributed by atoms with Gasteiger partial charge in [-0.2, -0.15) is 4.98 Å². The van der Waals surface area contributed by atoms with Crippen LogP contribution in [0.5, 0.6) is 0 Å².